The predicted octanol–water partition coefficient (Wildman–Crippen LogP) is 3.33. The van der Waals surface area contributed by atoms with Gasteiger partial charge in [0.25, 0.3) is 0 Å². The summed E-state index contributed by atoms with van der Waals surface area (Å²) < 4.78 is 5.35. The van der Waals surface area contributed by atoms with Crippen molar-refractivity contribution < 1.29 is 9.84 Å². The van der Waals surface area contributed by atoms with Crippen molar-refractivity contribution in [1.29, 1.82) is 0 Å². The zero-order chi connectivity index (χ0) is 12.3. The van der Waals surface area contributed by atoms with Crippen LogP contribution in [0.4, 0.5) is 0 Å². The Balaban J connectivity index is 2.20. The summed E-state index contributed by atoms with van der Waals surface area (Å²) in [5.74, 6) is 0. The molecule has 1 N–H and O–H groups in total. The molecule has 94 valence electrons. The van der Waals surface area contributed by atoms with E-state index in [1.807, 2.05) is 12.1 Å². The van der Waals surface area contributed by atoms with Crippen LogP contribution >= 0.6 is 23.2 Å². The van der Waals surface area contributed by atoms with Crippen LogP contribution in [0.3, 0.4) is 0 Å². The Bertz CT molecular complexity index is 387. The van der Waals surface area contributed by atoms with Crippen LogP contribution in [0.1, 0.15) is 18.4 Å². The van der Waals surface area contributed by atoms with E-state index in [-0.39, 0.29) is 12.0 Å². The summed E-state index contributed by atoms with van der Waals surface area (Å²) in [7, 11) is 0. The Hall–Kier alpha value is -0.280. The van der Waals surface area contributed by atoms with Gasteiger partial charge in [-0.3, -0.25) is 0 Å². The van der Waals surface area contributed by atoms with E-state index in [1.54, 1.807) is 6.07 Å². The fourth-order valence-electron chi connectivity index (χ4n) is 2.28. The molecule has 1 aliphatic heterocycles. The zero-order valence-corrected chi connectivity index (χ0v) is 11.1. The lowest BCUT2D eigenvalue weighted by molar-refractivity contribution is -0.0157. The number of rotatable bonds is 3. The molecular weight excluding hydrogens is 259 g/mol. The van der Waals surface area contributed by atoms with Gasteiger partial charge in [0.15, 0.2) is 0 Å². The van der Waals surface area contributed by atoms with Gasteiger partial charge in [-0.1, -0.05) is 35.3 Å². The number of hydrogen-bond donors (Lipinski definition) is 1. The Labute approximate surface area is 111 Å². The highest BCUT2D eigenvalue weighted by Crippen LogP contribution is 2.37. The van der Waals surface area contributed by atoms with Crippen LogP contribution in [0.25, 0.3) is 0 Å². The van der Waals surface area contributed by atoms with Crippen molar-refractivity contribution >= 4 is 23.2 Å². The number of hydrogen-bond acceptors (Lipinski definition) is 2. The molecule has 2 rings (SSSR count). The second-order valence-corrected chi connectivity index (χ2v) is 5.45. The van der Waals surface area contributed by atoms with E-state index in [4.69, 9.17) is 27.9 Å². The maximum atomic E-state index is 9.63. The average molecular weight is 275 g/mol. The molecule has 2 nitrogen and oxygen atoms in total. The molecule has 0 atom stereocenters. The molecule has 0 aliphatic carbocycles. The molecule has 17 heavy (non-hydrogen) atoms. The fraction of sp³-hybridized carbons (Fsp3) is 0.538. The first kappa shape index (κ1) is 13.2. The molecule has 0 radical (unpaired) electrons. The van der Waals surface area contributed by atoms with E-state index in [1.165, 1.54) is 0 Å². The molecule has 1 aromatic rings. The standard InChI is InChI=1S/C13H16Cl2O2/c14-11-3-1-2-10(12(11)15)8-13(9-16)4-6-17-7-5-13/h1-3,16H,4-9H2. The number of ether oxygens (including phenoxy) is 1. The monoisotopic (exact) mass is 274 g/mol. The molecule has 0 bridgehead atoms. The molecule has 1 aliphatic rings. The second-order valence-electron chi connectivity index (χ2n) is 4.66. The van der Waals surface area contributed by atoms with Gasteiger partial charge in [0.2, 0.25) is 0 Å². The van der Waals surface area contributed by atoms with Crippen molar-refractivity contribution in [3.63, 3.8) is 0 Å². The van der Waals surface area contributed by atoms with Crippen molar-refractivity contribution in [1.82, 2.24) is 0 Å². The molecule has 4 heteroatoms. The van der Waals surface area contributed by atoms with Gasteiger partial charge in [0.1, 0.15) is 0 Å². The van der Waals surface area contributed by atoms with Crippen molar-refractivity contribution in [2.24, 2.45) is 5.41 Å². The molecule has 0 spiro atoms. The minimum absolute atomic E-state index is 0.105. The van der Waals surface area contributed by atoms with Gasteiger partial charge < -0.3 is 9.84 Å². The third-order valence-electron chi connectivity index (χ3n) is 3.49. The number of aliphatic hydroxyl groups is 1. The van der Waals surface area contributed by atoms with Gasteiger partial charge in [-0.15, -0.1) is 0 Å². The summed E-state index contributed by atoms with van der Waals surface area (Å²) in [6, 6.07) is 5.65. The summed E-state index contributed by atoms with van der Waals surface area (Å²) in [6.07, 6.45) is 2.49. The largest absolute Gasteiger partial charge is 0.396 e. The van der Waals surface area contributed by atoms with Crippen LogP contribution in [0, 0.1) is 5.41 Å². The molecule has 1 fully saturated rings. The van der Waals surface area contributed by atoms with Gasteiger partial charge in [-0.2, -0.15) is 0 Å². The normalized spacial score (nSPS) is 19.2. The number of aliphatic hydroxyl groups excluding tert-OH is 1. The van der Waals surface area contributed by atoms with Gasteiger partial charge in [0.05, 0.1) is 10.0 Å². The molecule has 0 amide bonds. The quantitative estimate of drug-likeness (QED) is 0.916. The average Bonchev–Trinajstić information content (AvgIpc) is 2.36. The first-order valence-electron chi connectivity index (χ1n) is 5.78. The van der Waals surface area contributed by atoms with Crippen LogP contribution in [0.5, 0.6) is 0 Å². The van der Waals surface area contributed by atoms with Crippen LogP contribution in [0.2, 0.25) is 10.0 Å². The topological polar surface area (TPSA) is 29.5 Å². The van der Waals surface area contributed by atoms with Crippen LogP contribution < -0.4 is 0 Å². The molecule has 1 saturated heterocycles. The Kier molecular flexibility index (Phi) is 4.31. The maximum absolute atomic E-state index is 9.63. The Morgan fingerprint density at radius 3 is 2.59 bits per heavy atom. The maximum Gasteiger partial charge on any atom is 0.0624 e. The second kappa shape index (κ2) is 5.57. The van der Waals surface area contributed by atoms with E-state index in [9.17, 15) is 5.11 Å². The van der Waals surface area contributed by atoms with Crippen LogP contribution in [0.15, 0.2) is 18.2 Å². The van der Waals surface area contributed by atoms with Crippen molar-refractivity contribution in [2.45, 2.75) is 19.3 Å². The minimum atomic E-state index is -0.105. The minimum Gasteiger partial charge on any atom is -0.396 e. The van der Waals surface area contributed by atoms with Gasteiger partial charge >= 0.3 is 0 Å². The fourth-order valence-corrected chi connectivity index (χ4v) is 2.67. The molecular formula is C13H16Cl2O2. The van der Waals surface area contributed by atoms with E-state index in [0.29, 0.717) is 23.3 Å². The van der Waals surface area contributed by atoms with E-state index < -0.39 is 0 Å². The molecule has 0 aromatic heterocycles. The third-order valence-corrected chi connectivity index (χ3v) is 4.34. The van der Waals surface area contributed by atoms with E-state index >= 15 is 0 Å². The predicted molar refractivity (Wildman–Crippen MR) is 69.7 cm³/mol. The van der Waals surface area contributed by atoms with Gasteiger partial charge in [-0.25, -0.2) is 0 Å². The molecule has 1 aromatic carbocycles. The summed E-state index contributed by atoms with van der Waals surface area (Å²) in [5, 5.41) is 10.8. The van der Waals surface area contributed by atoms with Crippen molar-refractivity contribution in [3.05, 3.63) is 33.8 Å². The zero-order valence-electron chi connectivity index (χ0n) is 9.59. The summed E-state index contributed by atoms with van der Waals surface area (Å²) in [4.78, 5) is 0. The van der Waals surface area contributed by atoms with Crippen LogP contribution in [-0.2, 0) is 11.2 Å². The van der Waals surface area contributed by atoms with Crippen molar-refractivity contribution in [2.75, 3.05) is 19.8 Å². The van der Waals surface area contributed by atoms with E-state index in [0.717, 1.165) is 24.8 Å². The van der Waals surface area contributed by atoms with Gasteiger partial charge in [-0.05, 0) is 30.9 Å². The Morgan fingerprint density at radius 1 is 1.24 bits per heavy atom. The highest BCUT2D eigenvalue weighted by Gasteiger charge is 2.32. The smallest absolute Gasteiger partial charge is 0.0624 e. The third kappa shape index (κ3) is 2.94. The first-order valence-corrected chi connectivity index (χ1v) is 6.54. The lowest BCUT2D eigenvalue weighted by Gasteiger charge is -2.35. The van der Waals surface area contributed by atoms with E-state index in [2.05, 4.69) is 0 Å². The first-order chi connectivity index (χ1) is 8.17. The summed E-state index contributed by atoms with van der Waals surface area (Å²) in [6.45, 7) is 1.58. The number of benzene rings is 1. The highest BCUT2D eigenvalue weighted by molar-refractivity contribution is 6.42. The SMILES string of the molecule is OCC1(Cc2cccc(Cl)c2Cl)CCOCC1. The highest BCUT2D eigenvalue weighted by atomic mass is 35.5. The summed E-state index contributed by atoms with van der Waals surface area (Å²) in [5.41, 5.74) is 0.905. The molecule has 0 unspecified atom stereocenters. The lowest BCUT2D eigenvalue weighted by atomic mass is 9.76. The lowest BCUT2D eigenvalue weighted by Crippen LogP contribution is -2.35. The summed E-state index contributed by atoms with van der Waals surface area (Å²) >= 11 is 12.2. The van der Waals surface area contributed by atoms with Gasteiger partial charge in [0, 0.05) is 25.2 Å². The Morgan fingerprint density at radius 2 is 1.94 bits per heavy atom. The molecule has 0 saturated carbocycles. The molecule has 1 heterocycles. The number of halogens is 2. The van der Waals surface area contributed by atoms with Crippen molar-refractivity contribution in [3.8, 4) is 0 Å². The van der Waals surface area contributed by atoms with Crippen LogP contribution in [-0.4, -0.2) is 24.9 Å².